The van der Waals surface area contributed by atoms with Crippen molar-refractivity contribution in [3.8, 4) is 5.82 Å². The van der Waals surface area contributed by atoms with Crippen molar-refractivity contribution in [1.82, 2.24) is 34.3 Å². The van der Waals surface area contributed by atoms with Crippen LogP contribution in [0.3, 0.4) is 0 Å². The monoisotopic (exact) mass is 461 g/mol. The van der Waals surface area contributed by atoms with E-state index in [1.54, 1.807) is 23.7 Å². The lowest BCUT2D eigenvalue weighted by atomic mass is 10.1. The van der Waals surface area contributed by atoms with Gasteiger partial charge < -0.3 is 4.90 Å². The van der Waals surface area contributed by atoms with Gasteiger partial charge in [-0.05, 0) is 57.0 Å². The third-order valence-electron chi connectivity index (χ3n) is 6.22. The summed E-state index contributed by atoms with van der Waals surface area (Å²) in [5.74, 6) is 0.877. The Kier molecular flexibility index (Phi) is 6.97. The fraction of sp³-hybridized carbons (Fsp3) is 0.417. The van der Waals surface area contributed by atoms with Crippen LogP contribution in [0.4, 0.5) is 0 Å². The van der Waals surface area contributed by atoms with Crippen LogP contribution in [-0.2, 0) is 17.8 Å². The predicted octanol–water partition coefficient (Wildman–Crippen LogP) is 1.68. The first-order chi connectivity index (χ1) is 16.3. The summed E-state index contributed by atoms with van der Waals surface area (Å²) in [4.78, 5) is 21.6. The van der Waals surface area contributed by atoms with E-state index in [-0.39, 0.29) is 17.2 Å². The van der Waals surface area contributed by atoms with Gasteiger partial charge in [0.25, 0.3) is 0 Å². The topological polar surface area (TPSA) is 120 Å². The van der Waals surface area contributed by atoms with Crippen molar-refractivity contribution in [1.29, 1.82) is 10.8 Å². The number of hydrogen-bond acceptors (Lipinski definition) is 7. The molecule has 1 saturated heterocycles. The van der Waals surface area contributed by atoms with Gasteiger partial charge in [-0.2, -0.15) is 5.10 Å². The second-order valence-corrected chi connectivity index (χ2v) is 8.61. The SMILES string of the molecule is CC(=N)n1nc(-n2nc(C)c(CCC(=O)N3CCN(Cc4ccccn4)CC3)c2C)ccc1=N. The van der Waals surface area contributed by atoms with Crippen LogP contribution in [0.25, 0.3) is 5.82 Å². The van der Waals surface area contributed by atoms with Crippen LogP contribution >= 0.6 is 0 Å². The summed E-state index contributed by atoms with van der Waals surface area (Å²) in [6, 6.07) is 9.28. The van der Waals surface area contributed by atoms with Crippen LogP contribution in [0.2, 0.25) is 0 Å². The van der Waals surface area contributed by atoms with E-state index < -0.39 is 0 Å². The molecule has 0 bridgehead atoms. The molecule has 10 nitrogen and oxygen atoms in total. The number of aromatic nitrogens is 5. The molecule has 3 aromatic heterocycles. The highest BCUT2D eigenvalue weighted by Gasteiger charge is 2.22. The summed E-state index contributed by atoms with van der Waals surface area (Å²) in [5, 5.41) is 24.7. The maximum atomic E-state index is 12.9. The van der Waals surface area contributed by atoms with Crippen LogP contribution in [0.1, 0.15) is 36.0 Å². The molecular weight excluding hydrogens is 430 g/mol. The first kappa shape index (κ1) is 23.5. The third-order valence-corrected chi connectivity index (χ3v) is 6.22. The zero-order chi connectivity index (χ0) is 24.2. The van der Waals surface area contributed by atoms with Crippen molar-refractivity contribution in [2.75, 3.05) is 26.2 Å². The molecular formula is C24H31N9O. The fourth-order valence-corrected chi connectivity index (χ4v) is 4.31. The van der Waals surface area contributed by atoms with E-state index in [0.29, 0.717) is 18.7 Å². The number of nitrogens with one attached hydrogen (secondary N) is 2. The predicted molar refractivity (Wildman–Crippen MR) is 128 cm³/mol. The van der Waals surface area contributed by atoms with E-state index in [2.05, 4.69) is 20.1 Å². The molecule has 4 rings (SSSR count). The lowest BCUT2D eigenvalue weighted by Gasteiger charge is -2.34. The minimum Gasteiger partial charge on any atom is -0.340 e. The molecule has 3 aromatic rings. The van der Waals surface area contributed by atoms with Crippen molar-refractivity contribution in [3.63, 3.8) is 0 Å². The molecule has 0 spiro atoms. The molecule has 1 amide bonds. The Labute approximate surface area is 198 Å². The first-order valence-corrected chi connectivity index (χ1v) is 11.5. The van der Waals surface area contributed by atoms with Gasteiger partial charge in [-0.1, -0.05) is 6.07 Å². The summed E-state index contributed by atoms with van der Waals surface area (Å²) in [6.07, 6.45) is 2.87. The molecule has 0 atom stereocenters. The molecule has 0 unspecified atom stereocenters. The number of rotatable bonds is 6. The quantitative estimate of drug-likeness (QED) is 0.428. The minimum atomic E-state index is 0.142. The Hall–Kier alpha value is -3.66. The van der Waals surface area contributed by atoms with E-state index in [1.807, 2.05) is 43.1 Å². The summed E-state index contributed by atoms with van der Waals surface area (Å²) >= 11 is 0. The third kappa shape index (κ3) is 5.12. The van der Waals surface area contributed by atoms with Gasteiger partial charge in [0.2, 0.25) is 5.91 Å². The second kappa shape index (κ2) is 10.1. The van der Waals surface area contributed by atoms with Gasteiger partial charge in [-0.25, -0.2) is 9.36 Å². The van der Waals surface area contributed by atoms with E-state index in [9.17, 15) is 4.79 Å². The molecule has 0 aromatic carbocycles. The maximum absolute atomic E-state index is 12.9. The number of hydrogen-bond donors (Lipinski definition) is 2. The smallest absolute Gasteiger partial charge is 0.222 e. The van der Waals surface area contributed by atoms with Crippen LogP contribution in [0, 0.1) is 24.7 Å². The number of pyridine rings is 1. The Morgan fingerprint density at radius 2 is 1.82 bits per heavy atom. The fourth-order valence-electron chi connectivity index (χ4n) is 4.31. The molecule has 178 valence electrons. The second-order valence-electron chi connectivity index (χ2n) is 8.61. The Morgan fingerprint density at radius 1 is 1.06 bits per heavy atom. The zero-order valence-electron chi connectivity index (χ0n) is 20.0. The molecule has 1 fully saturated rings. The lowest BCUT2D eigenvalue weighted by Crippen LogP contribution is -2.48. The van der Waals surface area contributed by atoms with Crippen LogP contribution in [-0.4, -0.2) is 72.3 Å². The number of nitrogens with zero attached hydrogens (tertiary/aromatic N) is 7. The standard InChI is InChI=1S/C24H31N9O/c1-17-21(18(2)32(28-17)23-9-8-22(26)33(29-23)19(3)25)7-10-24(34)31-14-12-30(13-15-31)16-20-6-4-5-11-27-20/h4-6,8-9,11,25-26H,7,10,12-16H2,1-3H3. The number of piperazine rings is 1. The Bertz CT molecular complexity index is 1240. The van der Waals surface area contributed by atoms with Crippen LogP contribution in [0.15, 0.2) is 36.5 Å². The molecule has 0 saturated carbocycles. The largest absolute Gasteiger partial charge is 0.340 e. The van der Waals surface area contributed by atoms with Gasteiger partial charge in [-0.3, -0.25) is 25.5 Å². The van der Waals surface area contributed by atoms with Crippen LogP contribution < -0.4 is 5.49 Å². The normalized spacial score (nSPS) is 14.4. The van der Waals surface area contributed by atoms with Gasteiger partial charge in [0.05, 0.1) is 11.4 Å². The van der Waals surface area contributed by atoms with Crippen molar-refractivity contribution < 1.29 is 4.79 Å². The highest BCUT2D eigenvalue weighted by molar-refractivity contribution is 5.77. The number of aryl methyl sites for hydroxylation is 1. The first-order valence-electron chi connectivity index (χ1n) is 11.5. The molecule has 2 N–H and O–H groups in total. The van der Waals surface area contributed by atoms with E-state index in [4.69, 9.17) is 10.8 Å². The highest BCUT2D eigenvalue weighted by Crippen LogP contribution is 2.19. The van der Waals surface area contributed by atoms with Crippen LogP contribution in [0.5, 0.6) is 0 Å². The van der Waals surface area contributed by atoms with Crippen molar-refractivity contribution in [2.45, 2.75) is 40.2 Å². The number of carbonyl (C=O) groups excluding carboxylic acids is 1. The molecule has 0 aliphatic carbocycles. The Balaban J connectivity index is 1.37. The Morgan fingerprint density at radius 3 is 2.50 bits per heavy atom. The average molecular weight is 462 g/mol. The number of carbonyl (C=O) groups is 1. The van der Waals surface area contributed by atoms with Gasteiger partial charge >= 0.3 is 0 Å². The molecule has 0 radical (unpaired) electrons. The van der Waals surface area contributed by atoms with Gasteiger partial charge in [0.15, 0.2) is 5.82 Å². The lowest BCUT2D eigenvalue weighted by molar-refractivity contribution is -0.133. The summed E-state index contributed by atoms with van der Waals surface area (Å²) in [7, 11) is 0. The average Bonchev–Trinajstić information content (AvgIpc) is 3.12. The van der Waals surface area contributed by atoms with E-state index >= 15 is 0 Å². The molecule has 4 heterocycles. The van der Waals surface area contributed by atoms with E-state index in [0.717, 1.165) is 55.4 Å². The van der Waals surface area contributed by atoms with Gasteiger partial charge in [0, 0.05) is 51.0 Å². The number of amides is 1. The minimum absolute atomic E-state index is 0.142. The van der Waals surface area contributed by atoms with Crippen molar-refractivity contribution in [2.24, 2.45) is 0 Å². The van der Waals surface area contributed by atoms with Gasteiger partial charge in [-0.15, -0.1) is 5.10 Å². The van der Waals surface area contributed by atoms with Gasteiger partial charge in [0.1, 0.15) is 11.3 Å². The highest BCUT2D eigenvalue weighted by atomic mass is 16.2. The molecule has 1 aliphatic heterocycles. The van der Waals surface area contributed by atoms with Crippen molar-refractivity contribution >= 4 is 11.7 Å². The molecule has 10 heteroatoms. The summed E-state index contributed by atoms with van der Waals surface area (Å²) in [5.41, 5.74) is 4.02. The summed E-state index contributed by atoms with van der Waals surface area (Å²) in [6.45, 7) is 9.47. The van der Waals surface area contributed by atoms with E-state index in [1.165, 1.54) is 4.68 Å². The zero-order valence-corrected chi connectivity index (χ0v) is 20.0. The summed E-state index contributed by atoms with van der Waals surface area (Å²) < 4.78 is 2.99. The van der Waals surface area contributed by atoms with Crippen molar-refractivity contribution in [3.05, 3.63) is 64.7 Å². The maximum Gasteiger partial charge on any atom is 0.222 e. The molecule has 1 aliphatic rings. The molecule has 34 heavy (non-hydrogen) atoms.